The van der Waals surface area contributed by atoms with Gasteiger partial charge in [0.2, 0.25) is 0 Å². The van der Waals surface area contributed by atoms with Crippen LogP contribution in [0.15, 0.2) is 89.9 Å². The number of aromatic nitrogens is 2. The average Bonchev–Trinajstić information content (AvgIpc) is 3.18. The highest BCUT2D eigenvalue weighted by molar-refractivity contribution is 9.10. The molecule has 0 aliphatic carbocycles. The lowest BCUT2D eigenvalue weighted by molar-refractivity contribution is 0.0280. The third-order valence-corrected chi connectivity index (χ3v) is 4.91. The quantitative estimate of drug-likeness (QED) is 0.407. The van der Waals surface area contributed by atoms with Crippen LogP contribution >= 0.6 is 15.9 Å². The summed E-state index contributed by atoms with van der Waals surface area (Å²) in [6.45, 7) is 1.29. The highest BCUT2D eigenvalue weighted by atomic mass is 79.9. The smallest absolute Gasteiger partial charge is 0.101 e. The Morgan fingerprint density at radius 3 is 2.65 bits per heavy atom. The van der Waals surface area contributed by atoms with Crippen LogP contribution in [0.2, 0.25) is 0 Å². The lowest BCUT2D eigenvalue weighted by Gasteiger charge is -2.20. The molecule has 0 saturated heterocycles. The molecule has 0 fully saturated rings. The zero-order valence-electron chi connectivity index (χ0n) is 14.3. The molecule has 26 heavy (non-hydrogen) atoms. The van der Waals surface area contributed by atoms with Crippen LogP contribution in [-0.4, -0.2) is 9.55 Å². The van der Waals surface area contributed by atoms with Gasteiger partial charge in [-0.3, -0.25) is 0 Å². The third kappa shape index (κ3) is 4.03. The summed E-state index contributed by atoms with van der Waals surface area (Å²) in [7, 11) is 0. The van der Waals surface area contributed by atoms with Gasteiger partial charge in [0.15, 0.2) is 0 Å². The second kappa shape index (κ2) is 7.85. The minimum atomic E-state index is -0.0483. The van der Waals surface area contributed by atoms with E-state index in [1.165, 1.54) is 16.3 Å². The van der Waals surface area contributed by atoms with E-state index in [2.05, 4.69) is 80.1 Å². The van der Waals surface area contributed by atoms with Crippen LogP contribution < -0.4 is 0 Å². The molecule has 3 aromatic carbocycles. The maximum atomic E-state index is 6.32. The normalized spacial score (nSPS) is 12.3. The van der Waals surface area contributed by atoms with Gasteiger partial charge in [0, 0.05) is 16.9 Å². The van der Waals surface area contributed by atoms with Crippen LogP contribution in [0.3, 0.4) is 0 Å². The van der Waals surface area contributed by atoms with E-state index >= 15 is 0 Å². The SMILES string of the molecule is Brc1cccc(COC(Cn2ccnc2)c2ccc3ccccc3c2)c1. The number of halogens is 1. The molecule has 4 heteroatoms. The van der Waals surface area contributed by atoms with Crippen LogP contribution in [0.5, 0.6) is 0 Å². The van der Waals surface area contributed by atoms with Crippen LogP contribution in [0, 0.1) is 0 Å². The Hall–Kier alpha value is -2.43. The van der Waals surface area contributed by atoms with E-state index in [0.717, 1.165) is 16.6 Å². The largest absolute Gasteiger partial charge is 0.367 e. The molecule has 0 N–H and O–H groups in total. The van der Waals surface area contributed by atoms with Gasteiger partial charge in [-0.15, -0.1) is 0 Å². The molecule has 0 aliphatic heterocycles. The molecule has 0 spiro atoms. The predicted octanol–water partition coefficient (Wildman–Crippen LogP) is 5.76. The van der Waals surface area contributed by atoms with Gasteiger partial charge in [-0.25, -0.2) is 4.98 Å². The Balaban J connectivity index is 1.60. The predicted molar refractivity (Wildman–Crippen MR) is 108 cm³/mol. The number of rotatable bonds is 6. The van der Waals surface area contributed by atoms with Gasteiger partial charge < -0.3 is 9.30 Å². The molecule has 1 atom stereocenters. The van der Waals surface area contributed by atoms with Crippen LogP contribution in [0.4, 0.5) is 0 Å². The van der Waals surface area contributed by atoms with Gasteiger partial charge in [-0.1, -0.05) is 64.5 Å². The molecule has 1 heterocycles. The molecule has 0 amide bonds. The second-order valence-electron chi connectivity index (χ2n) is 6.30. The van der Waals surface area contributed by atoms with Crippen molar-refractivity contribution in [1.82, 2.24) is 9.55 Å². The Morgan fingerprint density at radius 1 is 0.962 bits per heavy atom. The summed E-state index contributed by atoms with van der Waals surface area (Å²) < 4.78 is 9.44. The van der Waals surface area contributed by atoms with E-state index in [1.54, 1.807) is 6.20 Å². The minimum Gasteiger partial charge on any atom is -0.367 e. The fraction of sp³-hybridized carbons (Fsp3) is 0.136. The first-order valence-corrected chi connectivity index (χ1v) is 9.38. The van der Waals surface area contributed by atoms with Gasteiger partial charge in [-0.05, 0) is 40.1 Å². The fourth-order valence-electron chi connectivity index (χ4n) is 3.07. The molecular weight excluding hydrogens is 388 g/mol. The lowest BCUT2D eigenvalue weighted by Crippen LogP contribution is -2.12. The van der Waals surface area contributed by atoms with Gasteiger partial charge in [-0.2, -0.15) is 0 Å². The van der Waals surface area contributed by atoms with Crippen LogP contribution in [0.25, 0.3) is 10.8 Å². The molecule has 3 nitrogen and oxygen atoms in total. The molecular formula is C22H19BrN2O. The summed E-state index contributed by atoms with van der Waals surface area (Å²) in [4.78, 5) is 4.15. The van der Waals surface area contributed by atoms with Crippen molar-refractivity contribution < 1.29 is 4.74 Å². The van der Waals surface area contributed by atoms with Crippen LogP contribution in [0.1, 0.15) is 17.2 Å². The average molecular weight is 407 g/mol. The molecule has 4 aromatic rings. The fourth-order valence-corrected chi connectivity index (χ4v) is 3.52. The zero-order valence-corrected chi connectivity index (χ0v) is 15.8. The minimum absolute atomic E-state index is 0.0483. The number of imidazole rings is 1. The summed E-state index contributed by atoms with van der Waals surface area (Å²) in [5, 5.41) is 2.47. The van der Waals surface area contributed by atoms with Gasteiger partial charge in [0.25, 0.3) is 0 Å². The topological polar surface area (TPSA) is 27.1 Å². The van der Waals surface area contributed by atoms with E-state index < -0.39 is 0 Å². The lowest BCUT2D eigenvalue weighted by atomic mass is 10.0. The first kappa shape index (κ1) is 17.0. The first-order valence-electron chi connectivity index (χ1n) is 8.58. The monoisotopic (exact) mass is 406 g/mol. The van der Waals surface area contributed by atoms with Crippen molar-refractivity contribution in [1.29, 1.82) is 0 Å². The summed E-state index contributed by atoms with van der Waals surface area (Å²) >= 11 is 3.52. The maximum absolute atomic E-state index is 6.32. The van der Waals surface area contributed by atoms with Crippen molar-refractivity contribution in [3.05, 3.63) is 101 Å². The van der Waals surface area contributed by atoms with E-state index in [0.29, 0.717) is 6.61 Å². The summed E-state index contributed by atoms with van der Waals surface area (Å²) in [6, 6.07) is 23.2. The van der Waals surface area contributed by atoms with Gasteiger partial charge in [0.05, 0.1) is 19.5 Å². The standard InChI is InChI=1S/C22H19BrN2O/c23-21-7-3-4-17(12-21)15-26-22(14-25-11-10-24-16-25)20-9-8-18-5-1-2-6-19(18)13-20/h1-13,16,22H,14-15H2. The van der Waals surface area contributed by atoms with Gasteiger partial charge >= 0.3 is 0 Å². The second-order valence-corrected chi connectivity index (χ2v) is 7.21. The van der Waals surface area contributed by atoms with E-state index in [4.69, 9.17) is 4.74 Å². The highest BCUT2D eigenvalue weighted by Crippen LogP contribution is 2.26. The Morgan fingerprint density at radius 2 is 1.85 bits per heavy atom. The molecule has 130 valence electrons. The molecule has 0 radical (unpaired) electrons. The molecule has 4 rings (SSSR count). The summed E-state index contributed by atoms with van der Waals surface area (Å²) in [5.74, 6) is 0. The van der Waals surface area contributed by atoms with Crippen molar-refractivity contribution in [2.45, 2.75) is 19.3 Å². The molecule has 1 aromatic heterocycles. The summed E-state index contributed by atoms with van der Waals surface area (Å²) in [6.07, 6.45) is 5.55. The van der Waals surface area contributed by atoms with Crippen molar-refractivity contribution >= 4 is 26.7 Å². The number of ether oxygens (including phenoxy) is 1. The van der Waals surface area contributed by atoms with Crippen molar-refractivity contribution in [3.8, 4) is 0 Å². The van der Waals surface area contributed by atoms with Crippen molar-refractivity contribution in [3.63, 3.8) is 0 Å². The molecule has 1 unspecified atom stereocenters. The number of benzene rings is 3. The zero-order chi connectivity index (χ0) is 17.8. The Kier molecular flexibility index (Phi) is 5.14. The Bertz CT molecular complexity index is 998. The van der Waals surface area contributed by atoms with Crippen LogP contribution in [-0.2, 0) is 17.9 Å². The molecule has 0 saturated carbocycles. The summed E-state index contributed by atoms with van der Waals surface area (Å²) in [5.41, 5.74) is 2.32. The van der Waals surface area contributed by atoms with E-state index in [9.17, 15) is 0 Å². The number of hydrogen-bond acceptors (Lipinski definition) is 2. The van der Waals surface area contributed by atoms with Crippen molar-refractivity contribution in [2.75, 3.05) is 0 Å². The van der Waals surface area contributed by atoms with Crippen molar-refractivity contribution in [2.24, 2.45) is 0 Å². The van der Waals surface area contributed by atoms with E-state index in [1.807, 2.05) is 24.7 Å². The van der Waals surface area contributed by atoms with Gasteiger partial charge in [0.1, 0.15) is 6.10 Å². The maximum Gasteiger partial charge on any atom is 0.101 e. The molecule has 0 bridgehead atoms. The van der Waals surface area contributed by atoms with E-state index in [-0.39, 0.29) is 6.10 Å². The number of nitrogens with zero attached hydrogens (tertiary/aromatic N) is 2. The molecule has 0 aliphatic rings. The third-order valence-electron chi connectivity index (χ3n) is 4.42. The number of fused-ring (bicyclic) bond motifs is 1. The number of hydrogen-bond donors (Lipinski definition) is 0. The Labute approximate surface area is 161 Å². The first-order chi connectivity index (χ1) is 12.8. The highest BCUT2D eigenvalue weighted by Gasteiger charge is 2.14.